The van der Waals surface area contributed by atoms with Crippen molar-refractivity contribution in [2.24, 2.45) is 0 Å². The van der Waals surface area contributed by atoms with Gasteiger partial charge in [-0.2, -0.15) is 0 Å². The zero-order valence-electron chi connectivity index (χ0n) is 4.74. The number of ketones is 1. The molecule has 0 N–H and O–H groups in total. The molecule has 0 aromatic heterocycles. The second kappa shape index (κ2) is 1.07. The molecule has 3 aliphatic rings. The Balaban J connectivity index is 2.04. The lowest BCUT2D eigenvalue weighted by Crippen LogP contribution is -2.22. The van der Waals surface area contributed by atoms with Crippen molar-refractivity contribution in [1.82, 2.24) is 0 Å². The lowest BCUT2D eigenvalue weighted by atomic mass is 10.00. The smallest absolute Gasteiger partial charge is 0.167 e. The summed E-state index contributed by atoms with van der Waals surface area (Å²) in [5.41, 5.74) is 0. The van der Waals surface area contributed by atoms with Crippen LogP contribution in [-0.4, -0.2) is 30.2 Å². The molecule has 0 radical (unpaired) electrons. The van der Waals surface area contributed by atoms with Crippen molar-refractivity contribution in [3.8, 4) is 0 Å². The molecule has 3 saturated heterocycles. The molecule has 9 heavy (non-hydrogen) atoms. The molecule has 2 bridgehead atoms. The standard InChI is InChI=1S/C6H6O3/c7-2-1-3-5-6(9-5)4(2)8-3/h3-6H,1H2/t3-,4+,5?,6?/m1/s1. The molecule has 0 amide bonds. The van der Waals surface area contributed by atoms with Gasteiger partial charge in [-0.1, -0.05) is 0 Å². The Bertz CT molecular complexity index is 189. The van der Waals surface area contributed by atoms with Gasteiger partial charge in [-0.15, -0.1) is 0 Å². The van der Waals surface area contributed by atoms with Gasteiger partial charge in [0.15, 0.2) is 5.78 Å². The zero-order chi connectivity index (χ0) is 6.01. The van der Waals surface area contributed by atoms with Crippen molar-refractivity contribution in [1.29, 1.82) is 0 Å². The summed E-state index contributed by atoms with van der Waals surface area (Å²) in [7, 11) is 0. The van der Waals surface area contributed by atoms with Gasteiger partial charge in [0.1, 0.15) is 18.3 Å². The van der Waals surface area contributed by atoms with E-state index < -0.39 is 0 Å². The van der Waals surface area contributed by atoms with Crippen molar-refractivity contribution >= 4 is 5.78 Å². The van der Waals surface area contributed by atoms with Crippen LogP contribution in [0.1, 0.15) is 6.42 Å². The van der Waals surface area contributed by atoms with Crippen LogP contribution >= 0.6 is 0 Å². The lowest BCUT2D eigenvalue weighted by molar-refractivity contribution is -0.123. The second-order valence-corrected chi connectivity index (χ2v) is 2.83. The number of carbonyl (C=O) groups excluding carboxylic acids is 1. The van der Waals surface area contributed by atoms with Gasteiger partial charge in [0.25, 0.3) is 0 Å². The fraction of sp³-hybridized carbons (Fsp3) is 0.833. The third-order valence-corrected chi connectivity index (χ3v) is 2.27. The van der Waals surface area contributed by atoms with Crippen LogP contribution in [0, 0.1) is 0 Å². The largest absolute Gasteiger partial charge is 0.363 e. The first-order chi connectivity index (χ1) is 4.36. The van der Waals surface area contributed by atoms with Gasteiger partial charge < -0.3 is 9.47 Å². The molecule has 48 valence electrons. The summed E-state index contributed by atoms with van der Waals surface area (Å²) in [6.45, 7) is 0. The van der Waals surface area contributed by atoms with Crippen LogP contribution in [0.4, 0.5) is 0 Å². The number of rotatable bonds is 0. The van der Waals surface area contributed by atoms with Crippen LogP contribution in [0.25, 0.3) is 0 Å². The maximum absolute atomic E-state index is 10.9. The summed E-state index contributed by atoms with van der Waals surface area (Å²) >= 11 is 0. The van der Waals surface area contributed by atoms with Crippen LogP contribution < -0.4 is 0 Å². The summed E-state index contributed by atoms with van der Waals surface area (Å²) in [5.74, 6) is 0.235. The van der Waals surface area contributed by atoms with E-state index in [0.29, 0.717) is 6.42 Å². The van der Waals surface area contributed by atoms with Crippen LogP contribution in [-0.2, 0) is 14.3 Å². The van der Waals surface area contributed by atoms with E-state index >= 15 is 0 Å². The van der Waals surface area contributed by atoms with Crippen molar-refractivity contribution in [3.63, 3.8) is 0 Å². The van der Waals surface area contributed by atoms with E-state index in [4.69, 9.17) is 9.47 Å². The van der Waals surface area contributed by atoms with E-state index in [0.717, 1.165) is 0 Å². The Kier molecular flexibility index (Phi) is 0.522. The molecule has 3 heterocycles. The second-order valence-electron chi connectivity index (χ2n) is 2.83. The lowest BCUT2D eigenvalue weighted by Gasteiger charge is -1.99. The van der Waals surface area contributed by atoms with Crippen LogP contribution in [0.5, 0.6) is 0 Å². The fourth-order valence-electron chi connectivity index (χ4n) is 1.76. The summed E-state index contributed by atoms with van der Waals surface area (Å²) in [6, 6.07) is 0. The monoisotopic (exact) mass is 126 g/mol. The number of Topliss-reactive ketones (excluding diaryl/α,β-unsaturated/α-hetero) is 1. The molecule has 3 rings (SSSR count). The predicted molar refractivity (Wildman–Crippen MR) is 26.9 cm³/mol. The molecule has 3 aliphatic heterocycles. The highest BCUT2D eigenvalue weighted by Gasteiger charge is 2.65. The third kappa shape index (κ3) is 0.362. The minimum atomic E-state index is -0.181. The average molecular weight is 126 g/mol. The number of epoxide rings is 1. The minimum absolute atomic E-state index is 0.118. The first-order valence-electron chi connectivity index (χ1n) is 3.20. The van der Waals surface area contributed by atoms with Gasteiger partial charge in [0.05, 0.1) is 6.10 Å². The molecule has 0 saturated carbocycles. The van der Waals surface area contributed by atoms with Crippen molar-refractivity contribution < 1.29 is 14.3 Å². The molecular formula is C6H6O3. The summed E-state index contributed by atoms with van der Waals surface area (Å²) in [6.07, 6.45) is 0.961. The van der Waals surface area contributed by atoms with Gasteiger partial charge in [-0.05, 0) is 0 Å². The van der Waals surface area contributed by atoms with Gasteiger partial charge in [-0.3, -0.25) is 4.79 Å². The van der Waals surface area contributed by atoms with Crippen molar-refractivity contribution in [2.75, 3.05) is 0 Å². The Morgan fingerprint density at radius 2 is 2.22 bits per heavy atom. The van der Waals surface area contributed by atoms with E-state index in [1.807, 2.05) is 0 Å². The number of hydrogen-bond donors (Lipinski definition) is 0. The Hall–Kier alpha value is -0.410. The van der Waals surface area contributed by atoms with Gasteiger partial charge >= 0.3 is 0 Å². The maximum atomic E-state index is 10.9. The van der Waals surface area contributed by atoms with E-state index in [1.165, 1.54) is 0 Å². The molecule has 0 aliphatic carbocycles. The topological polar surface area (TPSA) is 38.8 Å². The van der Waals surface area contributed by atoms with Crippen LogP contribution in [0.15, 0.2) is 0 Å². The molecule has 0 spiro atoms. The fourth-order valence-corrected chi connectivity index (χ4v) is 1.76. The van der Waals surface area contributed by atoms with E-state index in [9.17, 15) is 4.79 Å². The van der Waals surface area contributed by atoms with Gasteiger partial charge in [0.2, 0.25) is 0 Å². The molecular weight excluding hydrogens is 120 g/mol. The minimum Gasteiger partial charge on any atom is -0.363 e. The average Bonchev–Trinajstić information content (AvgIpc) is 2.46. The molecule has 2 unspecified atom stereocenters. The Labute approximate surface area is 51.9 Å². The van der Waals surface area contributed by atoms with Crippen LogP contribution in [0.3, 0.4) is 0 Å². The molecule has 0 aromatic rings. The number of hydrogen-bond acceptors (Lipinski definition) is 3. The number of fused-ring (bicyclic) bond motifs is 5. The summed E-state index contributed by atoms with van der Waals surface area (Å²) in [5, 5.41) is 0. The van der Waals surface area contributed by atoms with Crippen LogP contribution in [0.2, 0.25) is 0 Å². The quantitative estimate of drug-likeness (QED) is 0.410. The summed E-state index contributed by atoms with van der Waals surface area (Å²) in [4.78, 5) is 10.9. The zero-order valence-corrected chi connectivity index (χ0v) is 4.74. The predicted octanol–water partition coefficient (Wildman–Crippen LogP) is -0.506. The number of ether oxygens (including phenoxy) is 2. The van der Waals surface area contributed by atoms with E-state index in [1.54, 1.807) is 0 Å². The highest BCUT2D eigenvalue weighted by Crippen LogP contribution is 2.46. The maximum Gasteiger partial charge on any atom is 0.167 e. The highest BCUT2D eigenvalue weighted by atomic mass is 16.7. The van der Waals surface area contributed by atoms with Gasteiger partial charge in [-0.25, -0.2) is 0 Å². The molecule has 3 fully saturated rings. The molecule has 3 nitrogen and oxygen atoms in total. The third-order valence-electron chi connectivity index (χ3n) is 2.27. The highest BCUT2D eigenvalue weighted by molar-refractivity contribution is 5.88. The normalized spacial score (nSPS) is 60.2. The molecule has 3 heteroatoms. The number of carbonyl (C=O) groups is 1. The molecule has 0 aromatic carbocycles. The van der Waals surface area contributed by atoms with Crippen molar-refractivity contribution in [3.05, 3.63) is 0 Å². The Morgan fingerprint density at radius 1 is 1.33 bits per heavy atom. The SMILES string of the molecule is O=C1C[C@H]2O[C@@H]1C1OC12. The van der Waals surface area contributed by atoms with Crippen molar-refractivity contribution in [2.45, 2.75) is 30.8 Å². The van der Waals surface area contributed by atoms with E-state index in [-0.39, 0.29) is 30.2 Å². The summed E-state index contributed by atoms with van der Waals surface area (Å²) < 4.78 is 10.4. The van der Waals surface area contributed by atoms with E-state index in [2.05, 4.69) is 0 Å². The first-order valence-corrected chi connectivity index (χ1v) is 3.20. The molecule has 4 atom stereocenters. The Morgan fingerprint density at radius 3 is 2.78 bits per heavy atom. The van der Waals surface area contributed by atoms with Gasteiger partial charge in [0, 0.05) is 6.42 Å². The first kappa shape index (κ1) is 4.41.